The molecule has 3 heteroatoms. The molecule has 0 spiro atoms. The van der Waals surface area contributed by atoms with Crippen LogP contribution < -0.4 is 0 Å². The van der Waals surface area contributed by atoms with Crippen LogP contribution in [-0.2, 0) is 13.6 Å². The Balaban J connectivity index is 0.000000606. The van der Waals surface area contributed by atoms with E-state index < -0.39 is 0 Å². The number of benzene rings is 1. The summed E-state index contributed by atoms with van der Waals surface area (Å²) in [4.78, 5) is 6.70. The van der Waals surface area contributed by atoms with Crippen molar-refractivity contribution in [2.45, 2.75) is 20.4 Å². The molecule has 0 amide bonds. The molecule has 16 heavy (non-hydrogen) atoms. The minimum absolute atomic E-state index is 0.880. The van der Waals surface area contributed by atoms with Gasteiger partial charge in [0.25, 0.3) is 0 Å². The van der Waals surface area contributed by atoms with Gasteiger partial charge in [-0.3, -0.25) is 0 Å². The molecule has 1 aromatic heterocycles. The average Bonchev–Trinajstić information content (AvgIpc) is 2.59. The highest BCUT2D eigenvalue weighted by atomic mass is 15.1. The van der Waals surface area contributed by atoms with E-state index >= 15 is 0 Å². The molecule has 1 aromatic carbocycles. The lowest BCUT2D eigenvalue weighted by Gasteiger charge is -2.08. The number of aryl methyl sites for hydroxylation is 1. The molecule has 0 unspecified atom stereocenters. The zero-order valence-electron chi connectivity index (χ0n) is 10.9. The molecular weight excluding hydrogens is 198 g/mol. The van der Waals surface area contributed by atoms with Gasteiger partial charge in [-0.2, -0.15) is 0 Å². The summed E-state index contributed by atoms with van der Waals surface area (Å²) >= 11 is 0. The molecule has 2 aromatic rings. The Kier molecular flexibility index (Phi) is 4.50. The standard InChI is InChI=1S/C11H15N3.C2H6/c1-13(2)8-11-12-9-6-4-5-7-10(9)14(11)3;1-2/h4-7H,8H2,1-3H3;1-2H3. The largest absolute Gasteiger partial charge is 0.330 e. The highest BCUT2D eigenvalue weighted by molar-refractivity contribution is 5.75. The Labute approximate surface area is 97.7 Å². The van der Waals surface area contributed by atoms with Gasteiger partial charge < -0.3 is 9.47 Å². The van der Waals surface area contributed by atoms with Gasteiger partial charge in [0.2, 0.25) is 0 Å². The third-order valence-corrected chi connectivity index (χ3v) is 2.34. The van der Waals surface area contributed by atoms with Gasteiger partial charge in [0, 0.05) is 7.05 Å². The summed E-state index contributed by atoms with van der Waals surface area (Å²) in [6.07, 6.45) is 0. The second-order valence-corrected chi connectivity index (χ2v) is 3.81. The van der Waals surface area contributed by atoms with Crippen molar-refractivity contribution in [1.29, 1.82) is 0 Å². The molecule has 0 atom stereocenters. The van der Waals surface area contributed by atoms with E-state index in [1.54, 1.807) is 0 Å². The van der Waals surface area contributed by atoms with Crippen LogP contribution in [0, 0.1) is 0 Å². The SMILES string of the molecule is CC.CN(C)Cc1nc2ccccc2n1C. The molecule has 0 saturated heterocycles. The van der Waals surface area contributed by atoms with Crippen LogP contribution in [0.4, 0.5) is 0 Å². The van der Waals surface area contributed by atoms with Gasteiger partial charge in [-0.15, -0.1) is 0 Å². The first-order chi connectivity index (χ1) is 7.68. The number of aromatic nitrogens is 2. The maximum atomic E-state index is 4.57. The second-order valence-electron chi connectivity index (χ2n) is 3.81. The van der Waals surface area contributed by atoms with Gasteiger partial charge in [0.05, 0.1) is 17.6 Å². The summed E-state index contributed by atoms with van der Waals surface area (Å²) in [6.45, 7) is 4.88. The fourth-order valence-electron chi connectivity index (χ4n) is 1.62. The van der Waals surface area contributed by atoms with E-state index in [9.17, 15) is 0 Å². The monoisotopic (exact) mass is 219 g/mol. The van der Waals surface area contributed by atoms with Crippen LogP contribution in [0.2, 0.25) is 0 Å². The minimum Gasteiger partial charge on any atom is -0.330 e. The van der Waals surface area contributed by atoms with Gasteiger partial charge in [-0.05, 0) is 26.2 Å². The molecule has 0 N–H and O–H groups in total. The molecule has 0 aliphatic heterocycles. The summed E-state index contributed by atoms with van der Waals surface area (Å²) < 4.78 is 2.15. The molecule has 0 fully saturated rings. The molecule has 88 valence electrons. The average molecular weight is 219 g/mol. The Hall–Kier alpha value is -1.35. The second kappa shape index (κ2) is 5.66. The highest BCUT2D eigenvalue weighted by Gasteiger charge is 2.06. The van der Waals surface area contributed by atoms with Crippen molar-refractivity contribution < 1.29 is 0 Å². The van der Waals surface area contributed by atoms with Crippen molar-refractivity contribution in [1.82, 2.24) is 14.5 Å². The van der Waals surface area contributed by atoms with Gasteiger partial charge >= 0.3 is 0 Å². The quantitative estimate of drug-likeness (QED) is 0.774. The van der Waals surface area contributed by atoms with Gasteiger partial charge in [-0.1, -0.05) is 26.0 Å². The van der Waals surface area contributed by atoms with E-state index in [2.05, 4.69) is 47.7 Å². The third kappa shape index (κ3) is 2.61. The zero-order chi connectivity index (χ0) is 12.1. The van der Waals surface area contributed by atoms with E-state index in [0.29, 0.717) is 0 Å². The normalized spacial score (nSPS) is 10.4. The fourth-order valence-corrected chi connectivity index (χ4v) is 1.62. The number of fused-ring (bicyclic) bond motifs is 1. The highest BCUT2D eigenvalue weighted by Crippen LogP contribution is 2.14. The van der Waals surface area contributed by atoms with Crippen molar-refractivity contribution in [3.05, 3.63) is 30.1 Å². The predicted molar refractivity (Wildman–Crippen MR) is 69.5 cm³/mol. The molecule has 1 heterocycles. The first-order valence-electron chi connectivity index (χ1n) is 5.73. The molecule has 0 aliphatic rings. The first kappa shape index (κ1) is 12.7. The van der Waals surface area contributed by atoms with Gasteiger partial charge in [0.15, 0.2) is 0 Å². The topological polar surface area (TPSA) is 21.1 Å². The van der Waals surface area contributed by atoms with Crippen molar-refractivity contribution in [2.24, 2.45) is 7.05 Å². The smallest absolute Gasteiger partial charge is 0.123 e. The lowest BCUT2D eigenvalue weighted by Crippen LogP contribution is -2.14. The van der Waals surface area contributed by atoms with E-state index in [-0.39, 0.29) is 0 Å². The van der Waals surface area contributed by atoms with Crippen LogP contribution in [0.1, 0.15) is 19.7 Å². The Morgan fingerprint density at radius 3 is 2.38 bits per heavy atom. The van der Waals surface area contributed by atoms with Gasteiger partial charge in [0.1, 0.15) is 5.82 Å². The Bertz CT molecular complexity index is 443. The van der Waals surface area contributed by atoms with Crippen molar-refractivity contribution in [2.75, 3.05) is 14.1 Å². The Morgan fingerprint density at radius 2 is 1.81 bits per heavy atom. The van der Waals surface area contributed by atoms with E-state index in [1.807, 2.05) is 26.0 Å². The zero-order valence-corrected chi connectivity index (χ0v) is 10.9. The molecular formula is C13H21N3. The van der Waals surface area contributed by atoms with Crippen LogP contribution >= 0.6 is 0 Å². The molecule has 0 bridgehead atoms. The minimum atomic E-state index is 0.880. The molecule has 3 nitrogen and oxygen atoms in total. The summed E-state index contributed by atoms with van der Waals surface area (Å²) in [7, 11) is 6.17. The number of rotatable bonds is 2. The molecule has 2 rings (SSSR count). The van der Waals surface area contributed by atoms with Crippen LogP contribution in [0.5, 0.6) is 0 Å². The molecule has 0 radical (unpaired) electrons. The number of hydrogen-bond donors (Lipinski definition) is 0. The van der Waals surface area contributed by atoms with Crippen LogP contribution in [0.3, 0.4) is 0 Å². The summed E-state index contributed by atoms with van der Waals surface area (Å²) in [5.74, 6) is 1.11. The van der Waals surface area contributed by atoms with Crippen molar-refractivity contribution in [3.8, 4) is 0 Å². The maximum absolute atomic E-state index is 4.57. The number of imidazole rings is 1. The lowest BCUT2D eigenvalue weighted by atomic mass is 10.3. The van der Waals surface area contributed by atoms with Gasteiger partial charge in [-0.25, -0.2) is 4.98 Å². The number of hydrogen-bond acceptors (Lipinski definition) is 2. The van der Waals surface area contributed by atoms with Crippen LogP contribution in [0.15, 0.2) is 24.3 Å². The predicted octanol–water partition coefficient (Wildman–Crippen LogP) is 2.66. The number of para-hydroxylation sites is 2. The Morgan fingerprint density at radius 1 is 1.19 bits per heavy atom. The summed E-state index contributed by atoms with van der Waals surface area (Å²) in [6, 6.07) is 8.22. The number of nitrogens with zero attached hydrogens (tertiary/aromatic N) is 3. The molecule has 0 aliphatic carbocycles. The lowest BCUT2D eigenvalue weighted by molar-refractivity contribution is 0.386. The summed E-state index contributed by atoms with van der Waals surface area (Å²) in [5.41, 5.74) is 2.27. The third-order valence-electron chi connectivity index (χ3n) is 2.34. The fraction of sp³-hybridized carbons (Fsp3) is 0.462. The first-order valence-corrected chi connectivity index (χ1v) is 5.73. The maximum Gasteiger partial charge on any atom is 0.123 e. The van der Waals surface area contributed by atoms with E-state index in [1.165, 1.54) is 5.52 Å². The van der Waals surface area contributed by atoms with Crippen LogP contribution in [0.25, 0.3) is 11.0 Å². The van der Waals surface area contributed by atoms with Crippen molar-refractivity contribution >= 4 is 11.0 Å². The molecule has 0 saturated carbocycles. The summed E-state index contributed by atoms with van der Waals surface area (Å²) in [5, 5.41) is 0. The van der Waals surface area contributed by atoms with Crippen LogP contribution in [-0.4, -0.2) is 28.5 Å². The van der Waals surface area contributed by atoms with E-state index in [0.717, 1.165) is 17.9 Å². The van der Waals surface area contributed by atoms with Crippen molar-refractivity contribution in [3.63, 3.8) is 0 Å². The van der Waals surface area contributed by atoms with E-state index in [4.69, 9.17) is 0 Å².